The number of aryl methyl sites for hydroxylation is 1. The van der Waals surface area contributed by atoms with E-state index in [4.69, 9.17) is 4.74 Å². The number of fused-ring (bicyclic) bond motifs is 1. The maximum atomic E-state index is 11.8. The molecule has 124 valence electrons. The number of carbonyl (C=O) groups excluding carboxylic acids is 1. The van der Waals surface area contributed by atoms with Crippen LogP contribution in [-0.2, 0) is 4.74 Å². The zero-order valence-corrected chi connectivity index (χ0v) is 14.2. The van der Waals surface area contributed by atoms with Crippen molar-refractivity contribution in [3.63, 3.8) is 0 Å². The van der Waals surface area contributed by atoms with Crippen molar-refractivity contribution in [3.05, 3.63) is 34.3 Å². The van der Waals surface area contributed by atoms with Crippen LogP contribution < -0.4 is 4.90 Å². The number of ether oxygens (including phenoxy) is 1. The van der Waals surface area contributed by atoms with Crippen molar-refractivity contribution in [1.29, 1.82) is 0 Å². The number of methoxy groups -OCH3 is 1. The van der Waals surface area contributed by atoms with Gasteiger partial charge in [-0.2, -0.15) is 0 Å². The molecule has 4 heterocycles. The van der Waals surface area contributed by atoms with Crippen LogP contribution in [0.15, 0.2) is 18.7 Å². The van der Waals surface area contributed by atoms with Gasteiger partial charge in [0.2, 0.25) is 5.65 Å². The molecule has 0 unspecified atom stereocenters. The second-order valence-corrected chi connectivity index (χ2v) is 6.85. The topological polar surface area (TPSA) is 85.5 Å². The van der Waals surface area contributed by atoms with E-state index in [2.05, 4.69) is 25.1 Å². The highest BCUT2D eigenvalue weighted by Crippen LogP contribution is 2.38. The lowest BCUT2D eigenvalue weighted by Gasteiger charge is -2.24. The van der Waals surface area contributed by atoms with E-state index in [1.165, 1.54) is 18.4 Å². The average molecular weight is 344 g/mol. The van der Waals surface area contributed by atoms with Crippen LogP contribution in [0, 0.1) is 6.92 Å². The Morgan fingerprint density at radius 2 is 2.33 bits per heavy atom. The lowest BCUT2D eigenvalue weighted by atomic mass is 10.2. The van der Waals surface area contributed by atoms with Crippen LogP contribution in [0.4, 0.5) is 5.82 Å². The van der Waals surface area contributed by atoms with Gasteiger partial charge in [0.15, 0.2) is 11.5 Å². The second-order valence-electron chi connectivity index (χ2n) is 5.61. The molecule has 3 aromatic heterocycles. The van der Waals surface area contributed by atoms with Gasteiger partial charge >= 0.3 is 5.97 Å². The van der Waals surface area contributed by atoms with Crippen LogP contribution in [0.5, 0.6) is 0 Å². The molecule has 8 nitrogen and oxygen atoms in total. The van der Waals surface area contributed by atoms with Gasteiger partial charge in [-0.05, 0) is 19.8 Å². The van der Waals surface area contributed by atoms with Crippen molar-refractivity contribution in [2.75, 3.05) is 18.6 Å². The Kier molecular flexibility index (Phi) is 3.64. The first-order valence-corrected chi connectivity index (χ1v) is 8.47. The van der Waals surface area contributed by atoms with Gasteiger partial charge in [-0.1, -0.05) is 0 Å². The highest BCUT2D eigenvalue weighted by Gasteiger charge is 2.32. The molecular weight excluding hydrogens is 328 g/mol. The first kappa shape index (κ1) is 15.0. The molecule has 0 aliphatic carbocycles. The van der Waals surface area contributed by atoms with Crippen molar-refractivity contribution in [2.24, 2.45) is 0 Å². The fourth-order valence-corrected chi connectivity index (χ4v) is 4.13. The molecule has 0 saturated carbocycles. The maximum Gasteiger partial charge on any atom is 0.357 e. The zero-order valence-electron chi connectivity index (χ0n) is 13.3. The summed E-state index contributed by atoms with van der Waals surface area (Å²) in [4.78, 5) is 23.9. The van der Waals surface area contributed by atoms with Gasteiger partial charge < -0.3 is 9.64 Å². The summed E-state index contributed by atoms with van der Waals surface area (Å²) < 4.78 is 6.66. The minimum atomic E-state index is -0.391. The average Bonchev–Trinajstić information content (AvgIpc) is 3.32. The largest absolute Gasteiger partial charge is 0.464 e. The standard InChI is InChI=1S/C15H16N6O2S/c1-9-11(15(22)23-2)18-14(24-9)10-4-3-6-21(10)12-13-19-17-8-20(13)7-5-16-12/h5,7-8,10H,3-4,6H2,1-2H3/t10-/m0/s1. The van der Waals surface area contributed by atoms with Gasteiger partial charge in [0, 0.05) is 23.8 Å². The SMILES string of the molecule is COC(=O)c1nc([C@@H]2CCCN2c2nccn3cnnc23)sc1C. The summed E-state index contributed by atoms with van der Waals surface area (Å²) in [6.45, 7) is 2.76. The number of anilines is 1. The molecule has 0 N–H and O–H groups in total. The number of nitrogens with zero attached hydrogens (tertiary/aromatic N) is 6. The summed E-state index contributed by atoms with van der Waals surface area (Å²) in [7, 11) is 1.37. The van der Waals surface area contributed by atoms with Crippen molar-refractivity contribution in [1.82, 2.24) is 24.6 Å². The molecule has 3 aromatic rings. The quantitative estimate of drug-likeness (QED) is 0.672. The Morgan fingerprint density at radius 1 is 1.46 bits per heavy atom. The number of hydrogen-bond donors (Lipinski definition) is 0. The zero-order chi connectivity index (χ0) is 16.7. The van der Waals surface area contributed by atoms with Crippen LogP contribution in [-0.4, -0.2) is 44.2 Å². The fraction of sp³-hybridized carbons (Fsp3) is 0.400. The fourth-order valence-electron chi connectivity index (χ4n) is 3.07. The van der Waals surface area contributed by atoms with Crippen molar-refractivity contribution >= 4 is 28.8 Å². The summed E-state index contributed by atoms with van der Waals surface area (Å²) >= 11 is 1.54. The van der Waals surface area contributed by atoms with Gasteiger partial charge in [-0.25, -0.2) is 14.8 Å². The van der Waals surface area contributed by atoms with E-state index in [0.29, 0.717) is 5.69 Å². The molecule has 1 fully saturated rings. The summed E-state index contributed by atoms with van der Waals surface area (Å²) in [5.74, 6) is 0.405. The lowest BCUT2D eigenvalue weighted by Crippen LogP contribution is -2.24. The molecule has 24 heavy (non-hydrogen) atoms. The minimum Gasteiger partial charge on any atom is -0.464 e. The predicted molar refractivity (Wildman–Crippen MR) is 88.3 cm³/mol. The first-order chi connectivity index (χ1) is 11.7. The molecule has 1 aliphatic rings. The third kappa shape index (κ3) is 2.32. The molecule has 0 bridgehead atoms. The molecule has 0 radical (unpaired) electrons. The summed E-state index contributed by atoms with van der Waals surface area (Å²) in [6.07, 6.45) is 7.23. The van der Waals surface area contributed by atoms with E-state index in [-0.39, 0.29) is 6.04 Å². The van der Waals surface area contributed by atoms with Gasteiger partial charge in [-0.15, -0.1) is 21.5 Å². The second kappa shape index (κ2) is 5.82. The molecule has 1 saturated heterocycles. The highest BCUT2D eigenvalue weighted by molar-refractivity contribution is 7.12. The van der Waals surface area contributed by atoms with Gasteiger partial charge in [0.1, 0.15) is 11.3 Å². The molecule has 4 rings (SSSR count). The van der Waals surface area contributed by atoms with Crippen molar-refractivity contribution in [3.8, 4) is 0 Å². The Morgan fingerprint density at radius 3 is 3.17 bits per heavy atom. The Hall–Kier alpha value is -2.55. The van der Waals surface area contributed by atoms with E-state index in [0.717, 1.165) is 40.7 Å². The maximum absolute atomic E-state index is 11.8. The Balaban J connectivity index is 1.73. The number of hydrogen-bond acceptors (Lipinski definition) is 8. The van der Waals surface area contributed by atoms with Crippen LogP contribution in [0.3, 0.4) is 0 Å². The lowest BCUT2D eigenvalue weighted by molar-refractivity contribution is 0.0594. The normalized spacial score (nSPS) is 17.6. The van der Waals surface area contributed by atoms with E-state index >= 15 is 0 Å². The van der Waals surface area contributed by atoms with Gasteiger partial charge in [-0.3, -0.25) is 4.40 Å². The summed E-state index contributed by atoms with van der Waals surface area (Å²) in [5.41, 5.74) is 1.13. The highest BCUT2D eigenvalue weighted by atomic mass is 32.1. The molecule has 1 aliphatic heterocycles. The van der Waals surface area contributed by atoms with Crippen LogP contribution in [0.1, 0.15) is 39.3 Å². The Labute approximate surface area is 142 Å². The molecular formula is C15H16N6O2S. The summed E-state index contributed by atoms with van der Waals surface area (Å²) in [5, 5.41) is 9.04. The van der Waals surface area contributed by atoms with Crippen LogP contribution in [0.2, 0.25) is 0 Å². The van der Waals surface area contributed by atoms with Gasteiger partial charge in [0.25, 0.3) is 0 Å². The predicted octanol–water partition coefficient (Wildman–Crippen LogP) is 2.02. The molecule has 0 amide bonds. The number of aromatic nitrogens is 5. The third-order valence-corrected chi connectivity index (χ3v) is 5.27. The van der Waals surface area contributed by atoms with Crippen LogP contribution >= 0.6 is 11.3 Å². The van der Waals surface area contributed by atoms with Crippen molar-refractivity contribution in [2.45, 2.75) is 25.8 Å². The number of esters is 1. The Bertz CT molecular complexity index is 904. The number of thiazole rings is 1. The monoisotopic (exact) mass is 344 g/mol. The minimum absolute atomic E-state index is 0.0857. The molecule has 0 spiro atoms. The molecule has 9 heteroatoms. The van der Waals surface area contributed by atoms with E-state index < -0.39 is 5.97 Å². The van der Waals surface area contributed by atoms with E-state index in [9.17, 15) is 4.79 Å². The molecule has 0 aromatic carbocycles. The third-order valence-electron chi connectivity index (χ3n) is 4.20. The number of rotatable bonds is 3. The summed E-state index contributed by atoms with van der Waals surface area (Å²) in [6, 6.07) is 0.0857. The number of carbonyl (C=O) groups is 1. The molecule has 1 atom stereocenters. The van der Waals surface area contributed by atoms with E-state index in [1.54, 1.807) is 12.5 Å². The van der Waals surface area contributed by atoms with Crippen LogP contribution in [0.25, 0.3) is 5.65 Å². The first-order valence-electron chi connectivity index (χ1n) is 7.65. The van der Waals surface area contributed by atoms with E-state index in [1.807, 2.05) is 17.5 Å². The van der Waals surface area contributed by atoms with Gasteiger partial charge in [0.05, 0.1) is 13.2 Å². The smallest absolute Gasteiger partial charge is 0.357 e. The van der Waals surface area contributed by atoms with Crippen molar-refractivity contribution < 1.29 is 9.53 Å².